The summed E-state index contributed by atoms with van der Waals surface area (Å²) in [5.74, 6) is -1.16. The third-order valence-corrected chi connectivity index (χ3v) is 4.42. The van der Waals surface area contributed by atoms with E-state index in [1.807, 2.05) is 35.7 Å². The maximum Gasteiger partial charge on any atom is 0.339 e. The highest BCUT2D eigenvalue weighted by Gasteiger charge is 2.18. The second-order valence-electron chi connectivity index (χ2n) is 5.12. The van der Waals surface area contributed by atoms with Crippen LogP contribution in [0, 0.1) is 0 Å². The van der Waals surface area contributed by atoms with Crippen molar-refractivity contribution in [2.24, 2.45) is 0 Å². The Morgan fingerprint density at radius 1 is 0.960 bits per heavy atom. The molecule has 1 aromatic heterocycles. The maximum absolute atomic E-state index is 12.3. The van der Waals surface area contributed by atoms with Gasteiger partial charge in [0.2, 0.25) is 0 Å². The lowest BCUT2D eigenvalue weighted by Gasteiger charge is -2.07. The van der Waals surface area contributed by atoms with Crippen LogP contribution in [-0.2, 0) is 16.1 Å². The standard InChI is InChI=1S/C19H15NO4S/c1-23-18(21)15-9-5-6-10-16(15)19(22)24-11-14-12-25-17(20-14)13-7-3-2-4-8-13/h2-10,12H,11H2,1H3. The zero-order chi connectivity index (χ0) is 17.6. The van der Waals surface area contributed by atoms with Crippen LogP contribution in [0.4, 0.5) is 0 Å². The molecule has 6 heteroatoms. The molecule has 0 aliphatic rings. The molecule has 5 nitrogen and oxygen atoms in total. The zero-order valence-electron chi connectivity index (χ0n) is 13.5. The van der Waals surface area contributed by atoms with Crippen molar-refractivity contribution in [1.29, 1.82) is 0 Å². The monoisotopic (exact) mass is 353 g/mol. The number of thiazole rings is 1. The Morgan fingerprint density at radius 3 is 2.28 bits per heavy atom. The number of benzene rings is 2. The Morgan fingerprint density at radius 2 is 1.60 bits per heavy atom. The third-order valence-electron chi connectivity index (χ3n) is 3.48. The van der Waals surface area contributed by atoms with Crippen molar-refractivity contribution in [2.45, 2.75) is 6.61 Å². The average Bonchev–Trinajstić information content (AvgIpc) is 3.15. The quantitative estimate of drug-likeness (QED) is 0.650. The van der Waals surface area contributed by atoms with Gasteiger partial charge in [0.15, 0.2) is 0 Å². The van der Waals surface area contributed by atoms with Crippen molar-refractivity contribution in [3.05, 3.63) is 76.8 Å². The molecule has 3 aromatic rings. The SMILES string of the molecule is COC(=O)c1ccccc1C(=O)OCc1csc(-c2ccccc2)n1. The molecule has 1 heterocycles. The van der Waals surface area contributed by atoms with E-state index in [9.17, 15) is 9.59 Å². The summed E-state index contributed by atoms with van der Waals surface area (Å²) in [6, 6.07) is 16.2. The van der Waals surface area contributed by atoms with Gasteiger partial charge in [0, 0.05) is 10.9 Å². The first-order chi connectivity index (χ1) is 12.2. The van der Waals surface area contributed by atoms with E-state index in [2.05, 4.69) is 9.72 Å². The third kappa shape index (κ3) is 3.92. The molecule has 2 aromatic carbocycles. The normalized spacial score (nSPS) is 10.3. The van der Waals surface area contributed by atoms with Gasteiger partial charge in [-0.3, -0.25) is 0 Å². The van der Waals surface area contributed by atoms with Crippen LogP contribution in [0.1, 0.15) is 26.4 Å². The molecule has 0 aliphatic heterocycles. The fraction of sp³-hybridized carbons (Fsp3) is 0.105. The minimum Gasteiger partial charge on any atom is -0.465 e. The molecule has 0 saturated heterocycles. The first kappa shape index (κ1) is 16.9. The molecule has 0 aliphatic carbocycles. The van der Waals surface area contributed by atoms with Gasteiger partial charge in [0.05, 0.1) is 23.9 Å². The summed E-state index contributed by atoms with van der Waals surface area (Å²) in [6.07, 6.45) is 0. The summed E-state index contributed by atoms with van der Waals surface area (Å²) in [6.45, 7) is 0.0394. The Kier molecular flexibility index (Phi) is 5.20. The Hall–Kier alpha value is -2.99. The topological polar surface area (TPSA) is 65.5 Å². The number of methoxy groups -OCH3 is 1. The Balaban J connectivity index is 1.70. The molecule has 0 saturated carbocycles. The number of ether oxygens (including phenoxy) is 2. The van der Waals surface area contributed by atoms with E-state index in [0.717, 1.165) is 10.6 Å². The summed E-state index contributed by atoms with van der Waals surface area (Å²) in [4.78, 5) is 28.5. The minimum absolute atomic E-state index is 0.0394. The second-order valence-corrected chi connectivity index (χ2v) is 5.98. The smallest absolute Gasteiger partial charge is 0.339 e. The zero-order valence-corrected chi connectivity index (χ0v) is 14.3. The molecule has 0 amide bonds. The van der Waals surface area contributed by atoms with Gasteiger partial charge in [0.25, 0.3) is 0 Å². The molecule has 126 valence electrons. The van der Waals surface area contributed by atoms with Crippen LogP contribution in [0.25, 0.3) is 10.6 Å². The van der Waals surface area contributed by atoms with E-state index in [1.54, 1.807) is 12.1 Å². The van der Waals surface area contributed by atoms with Gasteiger partial charge in [-0.15, -0.1) is 11.3 Å². The lowest BCUT2D eigenvalue weighted by molar-refractivity contribution is 0.0454. The van der Waals surface area contributed by atoms with Gasteiger partial charge in [-0.05, 0) is 12.1 Å². The first-order valence-corrected chi connectivity index (χ1v) is 8.41. The molecule has 25 heavy (non-hydrogen) atoms. The fourth-order valence-corrected chi connectivity index (χ4v) is 3.06. The van der Waals surface area contributed by atoms with Crippen LogP contribution in [0.2, 0.25) is 0 Å². The van der Waals surface area contributed by atoms with Crippen molar-refractivity contribution >= 4 is 23.3 Å². The highest BCUT2D eigenvalue weighted by Crippen LogP contribution is 2.23. The summed E-state index contributed by atoms with van der Waals surface area (Å²) >= 11 is 1.49. The highest BCUT2D eigenvalue weighted by atomic mass is 32.1. The first-order valence-electron chi connectivity index (χ1n) is 7.53. The number of hydrogen-bond donors (Lipinski definition) is 0. The van der Waals surface area contributed by atoms with Crippen LogP contribution in [0.5, 0.6) is 0 Å². The van der Waals surface area contributed by atoms with Crippen LogP contribution in [0.15, 0.2) is 60.0 Å². The molecule has 0 unspecified atom stereocenters. The number of carbonyl (C=O) groups is 2. The molecule has 0 fully saturated rings. The number of hydrogen-bond acceptors (Lipinski definition) is 6. The summed E-state index contributed by atoms with van der Waals surface area (Å²) < 4.78 is 9.98. The van der Waals surface area contributed by atoms with Crippen molar-refractivity contribution in [2.75, 3.05) is 7.11 Å². The molecule has 3 rings (SSSR count). The van der Waals surface area contributed by atoms with Gasteiger partial charge < -0.3 is 9.47 Å². The van der Waals surface area contributed by atoms with Crippen LogP contribution in [-0.4, -0.2) is 24.0 Å². The highest BCUT2D eigenvalue weighted by molar-refractivity contribution is 7.13. The number of aromatic nitrogens is 1. The van der Waals surface area contributed by atoms with Gasteiger partial charge in [-0.1, -0.05) is 42.5 Å². The van der Waals surface area contributed by atoms with E-state index in [1.165, 1.54) is 30.6 Å². The van der Waals surface area contributed by atoms with E-state index >= 15 is 0 Å². The van der Waals surface area contributed by atoms with Crippen molar-refractivity contribution < 1.29 is 19.1 Å². The van der Waals surface area contributed by atoms with Gasteiger partial charge in [-0.25, -0.2) is 14.6 Å². The van der Waals surface area contributed by atoms with Crippen molar-refractivity contribution in [3.63, 3.8) is 0 Å². The van der Waals surface area contributed by atoms with Crippen molar-refractivity contribution in [1.82, 2.24) is 4.98 Å². The minimum atomic E-state index is -0.588. The summed E-state index contributed by atoms with van der Waals surface area (Å²) in [5, 5.41) is 2.71. The summed E-state index contributed by atoms with van der Waals surface area (Å²) in [7, 11) is 1.27. The van der Waals surface area contributed by atoms with E-state index in [4.69, 9.17) is 4.74 Å². The van der Waals surface area contributed by atoms with Crippen LogP contribution in [0.3, 0.4) is 0 Å². The number of rotatable bonds is 5. The van der Waals surface area contributed by atoms with Gasteiger partial charge in [0.1, 0.15) is 11.6 Å². The van der Waals surface area contributed by atoms with E-state index < -0.39 is 11.9 Å². The molecular formula is C19H15NO4S. The van der Waals surface area contributed by atoms with E-state index in [0.29, 0.717) is 5.69 Å². The lowest BCUT2D eigenvalue weighted by atomic mass is 10.1. The van der Waals surface area contributed by atoms with Crippen LogP contribution >= 0.6 is 11.3 Å². The number of carbonyl (C=O) groups excluding carboxylic acids is 2. The summed E-state index contributed by atoms with van der Waals surface area (Å²) in [5.41, 5.74) is 2.03. The Labute approximate surface area is 148 Å². The predicted octanol–water partition coefficient (Wildman–Crippen LogP) is 3.95. The molecule has 0 N–H and O–H groups in total. The average molecular weight is 353 g/mol. The fourth-order valence-electron chi connectivity index (χ4n) is 2.25. The molecule has 0 radical (unpaired) electrons. The molecular weight excluding hydrogens is 338 g/mol. The molecule has 0 bridgehead atoms. The molecule has 0 spiro atoms. The number of nitrogens with zero attached hydrogens (tertiary/aromatic N) is 1. The van der Waals surface area contributed by atoms with Crippen molar-refractivity contribution in [3.8, 4) is 10.6 Å². The second kappa shape index (κ2) is 7.72. The van der Waals surface area contributed by atoms with E-state index in [-0.39, 0.29) is 17.7 Å². The number of esters is 2. The molecule has 0 atom stereocenters. The maximum atomic E-state index is 12.3. The largest absolute Gasteiger partial charge is 0.465 e. The van der Waals surface area contributed by atoms with Crippen LogP contribution < -0.4 is 0 Å². The predicted molar refractivity (Wildman–Crippen MR) is 94.5 cm³/mol. The van der Waals surface area contributed by atoms with Gasteiger partial charge in [-0.2, -0.15) is 0 Å². The Bertz CT molecular complexity index is 889. The lowest BCUT2D eigenvalue weighted by Crippen LogP contribution is -2.12. The van der Waals surface area contributed by atoms with Gasteiger partial charge >= 0.3 is 11.9 Å².